The molecule has 2 rings (SSSR count). The summed E-state index contributed by atoms with van der Waals surface area (Å²) in [5.41, 5.74) is 1.98. The maximum Gasteiger partial charge on any atom is 0.297 e. The lowest BCUT2D eigenvalue weighted by Crippen LogP contribution is -2.22. The van der Waals surface area contributed by atoms with Gasteiger partial charge in [-0.15, -0.1) is 0 Å². The maximum atomic E-state index is 5.33. The van der Waals surface area contributed by atoms with Gasteiger partial charge in [0.15, 0.2) is 0 Å². The maximum absolute atomic E-state index is 5.33. The molecule has 4 heteroatoms. The number of imidazole rings is 1. The molecule has 0 aliphatic carbocycles. The number of hydrogen-bond donors (Lipinski definition) is 0. The van der Waals surface area contributed by atoms with Gasteiger partial charge in [0.25, 0.3) is 6.01 Å². The van der Waals surface area contributed by atoms with Crippen molar-refractivity contribution in [2.45, 2.75) is 26.3 Å². The number of halogens is 1. The van der Waals surface area contributed by atoms with Gasteiger partial charge in [0.05, 0.1) is 18.1 Å². The summed E-state index contributed by atoms with van der Waals surface area (Å²) in [6.07, 6.45) is 0. The molecular weight excluding hydrogens is 268 g/mol. The molecule has 0 spiro atoms. The fourth-order valence-corrected chi connectivity index (χ4v) is 2.16. The summed E-state index contributed by atoms with van der Waals surface area (Å²) < 4.78 is 8.49. The second-order valence-corrected chi connectivity index (χ2v) is 5.65. The van der Waals surface area contributed by atoms with Gasteiger partial charge in [-0.1, -0.05) is 15.9 Å². The number of fused-ring (bicyclic) bond motifs is 1. The number of ether oxygens (including phenoxy) is 1. The van der Waals surface area contributed by atoms with Crippen molar-refractivity contribution in [3.8, 4) is 6.01 Å². The highest BCUT2D eigenvalue weighted by atomic mass is 79.9. The van der Waals surface area contributed by atoms with E-state index in [4.69, 9.17) is 4.74 Å². The van der Waals surface area contributed by atoms with E-state index in [-0.39, 0.29) is 5.54 Å². The number of benzene rings is 1. The Labute approximate surface area is 104 Å². The molecule has 0 fully saturated rings. The van der Waals surface area contributed by atoms with Gasteiger partial charge in [-0.2, -0.15) is 4.98 Å². The number of hydrogen-bond acceptors (Lipinski definition) is 2. The lowest BCUT2D eigenvalue weighted by Gasteiger charge is -2.23. The molecule has 0 aliphatic rings. The summed E-state index contributed by atoms with van der Waals surface area (Å²) in [6.45, 7) is 6.41. The van der Waals surface area contributed by atoms with Gasteiger partial charge >= 0.3 is 0 Å². The summed E-state index contributed by atoms with van der Waals surface area (Å²) in [6, 6.07) is 6.70. The van der Waals surface area contributed by atoms with Crippen molar-refractivity contribution in [1.29, 1.82) is 0 Å². The third-order valence-electron chi connectivity index (χ3n) is 2.44. The number of nitrogens with zero attached hydrogens (tertiary/aromatic N) is 2. The van der Waals surface area contributed by atoms with E-state index in [9.17, 15) is 0 Å². The summed E-state index contributed by atoms with van der Waals surface area (Å²) in [5.74, 6) is 0. The lowest BCUT2D eigenvalue weighted by molar-refractivity contribution is 0.305. The average molecular weight is 283 g/mol. The quantitative estimate of drug-likeness (QED) is 0.800. The van der Waals surface area contributed by atoms with E-state index in [0.717, 1.165) is 15.5 Å². The molecule has 86 valence electrons. The Bertz CT molecular complexity index is 526. The molecule has 3 nitrogen and oxygen atoms in total. The van der Waals surface area contributed by atoms with Crippen LogP contribution in [0, 0.1) is 0 Å². The van der Waals surface area contributed by atoms with E-state index in [1.807, 2.05) is 12.1 Å². The number of rotatable bonds is 1. The van der Waals surface area contributed by atoms with Gasteiger partial charge in [-0.05, 0) is 39.0 Å². The summed E-state index contributed by atoms with van der Waals surface area (Å²) in [7, 11) is 1.65. The van der Waals surface area contributed by atoms with E-state index < -0.39 is 0 Å². The van der Waals surface area contributed by atoms with E-state index in [0.29, 0.717) is 6.01 Å². The summed E-state index contributed by atoms with van der Waals surface area (Å²) in [5, 5.41) is 0. The van der Waals surface area contributed by atoms with Crippen molar-refractivity contribution in [3.05, 3.63) is 22.7 Å². The summed E-state index contributed by atoms with van der Waals surface area (Å²) >= 11 is 3.48. The first kappa shape index (κ1) is 11.5. The van der Waals surface area contributed by atoms with Gasteiger partial charge in [0, 0.05) is 10.0 Å². The second-order valence-electron chi connectivity index (χ2n) is 4.74. The van der Waals surface area contributed by atoms with Gasteiger partial charge in [-0.25, -0.2) is 0 Å². The first-order valence-electron chi connectivity index (χ1n) is 5.16. The Morgan fingerprint density at radius 2 is 2.00 bits per heavy atom. The van der Waals surface area contributed by atoms with E-state index >= 15 is 0 Å². The van der Waals surface area contributed by atoms with Crippen LogP contribution < -0.4 is 4.74 Å². The highest BCUT2D eigenvalue weighted by Gasteiger charge is 2.22. The Morgan fingerprint density at radius 3 is 2.56 bits per heavy atom. The van der Waals surface area contributed by atoms with Crippen LogP contribution in [0.25, 0.3) is 11.0 Å². The molecule has 0 aliphatic heterocycles. The van der Waals surface area contributed by atoms with Crippen LogP contribution in [0.2, 0.25) is 0 Å². The molecule has 0 N–H and O–H groups in total. The third-order valence-corrected chi connectivity index (χ3v) is 2.93. The lowest BCUT2D eigenvalue weighted by atomic mass is 10.1. The van der Waals surface area contributed by atoms with Crippen LogP contribution in [0.15, 0.2) is 22.7 Å². The molecular formula is C12H15BrN2O. The number of aromatic nitrogens is 2. The molecule has 0 amide bonds. The van der Waals surface area contributed by atoms with Gasteiger partial charge in [0.1, 0.15) is 0 Å². The zero-order valence-electron chi connectivity index (χ0n) is 9.91. The topological polar surface area (TPSA) is 27.1 Å². The van der Waals surface area contributed by atoms with Crippen LogP contribution in [-0.4, -0.2) is 16.7 Å². The molecule has 0 saturated carbocycles. The monoisotopic (exact) mass is 282 g/mol. The molecule has 0 atom stereocenters. The molecule has 0 radical (unpaired) electrons. The molecule has 0 bridgehead atoms. The minimum absolute atomic E-state index is 0.0547. The number of methoxy groups -OCH3 is 1. The minimum Gasteiger partial charge on any atom is -0.468 e. The van der Waals surface area contributed by atoms with Crippen molar-refractivity contribution >= 4 is 27.0 Å². The largest absolute Gasteiger partial charge is 0.468 e. The molecule has 1 aromatic heterocycles. The predicted octanol–water partition coefficient (Wildman–Crippen LogP) is 3.56. The van der Waals surface area contributed by atoms with Crippen LogP contribution in [0.1, 0.15) is 20.8 Å². The molecule has 2 aromatic rings. The Balaban J connectivity index is 2.81. The Kier molecular flexibility index (Phi) is 2.70. The molecule has 1 aromatic carbocycles. The smallest absolute Gasteiger partial charge is 0.297 e. The van der Waals surface area contributed by atoms with Crippen LogP contribution in [0.4, 0.5) is 0 Å². The van der Waals surface area contributed by atoms with Crippen LogP contribution in [-0.2, 0) is 5.54 Å². The van der Waals surface area contributed by atoms with Crippen LogP contribution in [0.5, 0.6) is 6.01 Å². The highest BCUT2D eigenvalue weighted by molar-refractivity contribution is 9.10. The fraction of sp³-hybridized carbons (Fsp3) is 0.417. The molecule has 1 heterocycles. The van der Waals surface area contributed by atoms with Crippen molar-refractivity contribution < 1.29 is 4.74 Å². The second kappa shape index (κ2) is 3.77. The SMILES string of the molecule is COc1nc2ccc(Br)cc2n1C(C)(C)C. The van der Waals surface area contributed by atoms with Crippen molar-refractivity contribution in [2.24, 2.45) is 0 Å². The standard InChI is InChI=1S/C12H15BrN2O/c1-12(2,3)15-10-7-8(13)5-6-9(10)14-11(15)16-4/h5-7H,1-4H3. The minimum atomic E-state index is -0.0547. The van der Waals surface area contributed by atoms with E-state index in [1.54, 1.807) is 7.11 Å². The van der Waals surface area contributed by atoms with Crippen LogP contribution >= 0.6 is 15.9 Å². The van der Waals surface area contributed by atoms with Gasteiger partial charge in [-0.3, -0.25) is 4.57 Å². The zero-order chi connectivity index (χ0) is 11.9. The van der Waals surface area contributed by atoms with Crippen molar-refractivity contribution in [3.63, 3.8) is 0 Å². The van der Waals surface area contributed by atoms with E-state index in [2.05, 4.69) is 52.3 Å². The normalized spacial score (nSPS) is 12.1. The van der Waals surface area contributed by atoms with Gasteiger partial charge < -0.3 is 4.74 Å². The van der Waals surface area contributed by atoms with Crippen molar-refractivity contribution in [1.82, 2.24) is 9.55 Å². The zero-order valence-corrected chi connectivity index (χ0v) is 11.5. The third kappa shape index (κ3) is 1.82. The summed E-state index contributed by atoms with van der Waals surface area (Å²) in [4.78, 5) is 4.46. The first-order valence-corrected chi connectivity index (χ1v) is 5.95. The van der Waals surface area contributed by atoms with E-state index in [1.165, 1.54) is 0 Å². The molecule has 16 heavy (non-hydrogen) atoms. The van der Waals surface area contributed by atoms with Crippen LogP contribution in [0.3, 0.4) is 0 Å². The fourth-order valence-electron chi connectivity index (χ4n) is 1.81. The van der Waals surface area contributed by atoms with Crippen molar-refractivity contribution in [2.75, 3.05) is 7.11 Å². The first-order chi connectivity index (χ1) is 7.43. The highest BCUT2D eigenvalue weighted by Crippen LogP contribution is 2.30. The Hall–Kier alpha value is -1.03. The average Bonchev–Trinajstić information content (AvgIpc) is 2.54. The van der Waals surface area contributed by atoms with Gasteiger partial charge in [0.2, 0.25) is 0 Å². The molecule has 0 saturated heterocycles. The molecule has 0 unspecified atom stereocenters. The Morgan fingerprint density at radius 1 is 1.31 bits per heavy atom. The predicted molar refractivity (Wildman–Crippen MR) is 69.0 cm³/mol.